The van der Waals surface area contributed by atoms with Gasteiger partial charge in [-0.2, -0.15) is 5.10 Å². The molecule has 5 heteroatoms. The van der Waals surface area contributed by atoms with Gasteiger partial charge in [-0.25, -0.2) is 0 Å². The normalized spacial score (nSPS) is 13.4. The van der Waals surface area contributed by atoms with Crippen molar-refractivity contribution in [3.8, 4) is 0 Å². The summed E-state index contributed by atoms with van der Waals surface area (Å²) in [5.41, 5.74) is -0.186. The van der Waals surface area contributed by atoms with Crippen LogP contribution >= 0.6 is 0 Å². The third-order valence-electron chi connectivity index (χ3n) is 2.24. The summed E-state index contributed by atoms with van der Waals surface area (Å²) in [4.78, 5) is 11.8. The monoisotopic (exact) mass is 238 g/mol. The van der Waals surface area contributed by atoms with Crippen LogP contribution in [-0.4, -0.2) is 33.8 Å². The maximum atomic E-state index is 11.8. The molecule has 0 unspecified atom stereocenters. The Morgan fingerprint density at radius 1 is 1.47 bits per heavy atom. The van der Waals surface area contributed by atoms with Gasteiger partial charge in [0.1, 0.15) is 0 Å². The Morgan fingerprint density at radius 2 is 2.18 bits per heavy atom. The molecule has 0 aliphatic heterocycles. The third kappa shape index (κ3) is 5.49. The smallest absolute Gasteiger partial charge is 0.237 e. The second kappa shape index (κ2) is 5.82. The highest BCUT2D eigenvalue weighted by Gasteiger charge is 2.18. The van der Waals surface area contributed by atoms with Crippen LogP contribution in [0.25, 0.3) is 0 Å². The Kier molecular flexibility index (Phi) is 4.69. The van der Waals surface area contributed by atoms with Gasteiger partial charge in [-0.05, 0) is 33.8 Å². The summed E-state index contributed by atoms with van der Waals surface area (Å²) in [7, 11) is 0. The molecule has 0 spiro atoms. The second-order valence-corrected chi connectivity index (χ2v) is 5.18. The van der Waals surface area contributed by atoms with E-state index in [0.717, 1.165) is 13.1 Å². The van der Waals surface area contributed by atoms with Crippen molar-refractivity contribution < 1.29 is 4.79 Å². The molecular weight excluding hydrogens is 216 g/mol. The van der Waals surface area contributed by atoms with Crippen LogP contribution in [0.4, 0.5) is 0 Å². The molecule has 1 aromatic heterocycles. The van der Waals surface area contributed by atoms with Gasteiger partial charge in [0.15, 0.2) is 0 Å². The molecule has 0 fully saturated rings. The van der Waals surface area contributed by atoms with Gasteiger partial charge in [-0.15, -0.1) is 0 Å². The van der Waals surface area contributed by atoms with Crippen LogP contribution in [0.5, 0.6) is 0 Å². The van der Waals surface area contributed by atoms with Gasteiger partial charge < -0.3 is 10.6 Å². The van der Waals surface area contributed by atoms with E-state index in [4.69, 9.17) is 0 Å². The fourth-order valence-corrected chi connectivity index (χ4v) is 1.40. The topological polar surface area (TPSA) is 59.0 Å². The average molecular weight is 238 g/mol. The van der Waals surface area contributed by atoms with E-state index in [1.165, 1.54) is 0 Å². The first kappa shape index (κ1) is 13.7. The minimum Gasteiger partial charge on any atom is -0.350 e. The van der Waals surface area contributed by atoms with E-state index < -0.39 is 0 Å². The molecule has 0 aliphatic rings. The Labute approximate surface area is 103 Å². The number of nitrogens with one attached hydrogen (secondary N) is 2. The Morgan fingerprint density at radius 3 is 2.71 bits per heavy atom. The summed E-state index contributed by atoms with van der Waals surface area (Å²) in [6.07, 6.45) is 3.65. The Balaban J connectivity index is 2.25. The number of amides is 1. The molecule has 2 N–H and O–H groups in total. The molecule has 17 heavy (non-hydrogen) atoms. The summed E-state index contributed by atoms with van der Waals surface area (Å²) in [6, 6.07) is 1.69. The summed E-state index contributed by atoms with van der Waals surface area (Å²) in [5.74, 6) is 0.0259. The Hall–Kier alpha value is -1.36. The lowest BCUT2D eigenvalue weighted by Gasteiger charge is -2.23. The number of carbonyl (C=O) groups is 1. The lowest BCUT2D eigenvalue weighted by atomic mass is 10.1. The van der Waals surface area contributed by atoms with Crippen LogP contribution in [0.3, 0.4) is 0 Å². The number of hydrogen-bond donors (Lipinski definition) is 2. The van der Waals surface area contributed by atoms with Crippen LogP contribution in [0.15, 0.2) is 18.5 Å². The largest absolute Gasteiger partial charge is 0.350 e. The van der Waals surface area contributed by atoms with Gasteiger partial charge in [-0.1, -0.05) is 0 Å². The van der Waals surface area contributed by atoms with Crippen molar-refractivity contribution in [2.45, 2.75) is 45.8 Å². The van der Waals surface area contributed by atoms with Crippen molar-refractivity contribution in [2.24, 2.45) is 0 Å². The number of rotatable bonds is 5. The standard InChI is InChI=1S/C12H22N4O/c1-10(11(17)15-12(2,3)4)13-7-9-16-8-5-6-14-16/h5-6,8,10,13H,7,9H2,1-4H3,(H,15,17)/t10-/m1/s1. The van der Waals surface area contributed by atoms with Crippen molar-refractivity contribution in [3.05, 3.63) is 18.5 Å². The first-order valence-corrected chi connectivity index (χ1v) is 5.91. The SMILES string of the molecule is C[C@@H](NCCn1cccn1)C(=O)NC(C)(C)C. The molecule has 1 rings (SSSR count). The molecule has 1 aromatic rings. The van der Waals surface area contributed by atoms with E-state index in [-0.39, 0.29) is 17.5 Å². The highest BCUT2D eigenvalue weighted by atomic mass is 16.2. The van der Waals surface area contributed by atoms with E-state index in [9.17, 15) is 4.79 Å². The predicted octanol–water partition coefficient (Wildman–Crippen LogP) is 0.776. The average Bonchev–Trinajstić information content (AvgIpc) is 2.67. The van der Waals surface area contributed by atoms with Gasteiger partial charge in [0, 0.05) is 24.5 Å². The van der Waals surface area contributed by atoms with Crippen molar-refractivity contribution in [1.29, 1.82) is 0 Å². The number of hydrogen-bond acceptors (Lipinski definition) is 3. The van der Waals surface area contributed by atoms with Gasteiger partial charge >= 0.3 is 0 Å². The first-order valence-electron chi connectivity index (χ1n) is 5.91. The van der Waals surface area contributed by atoms with Crippen LogP contribution in [0.2, 0.25) is 0 Å². The highest BCUT2D eigenvalue weighted by Crippen LogP contribution is 1.99. The van der Waals surface area contributed by atoms with Gasteiger partial charge in [0.2, 0.25) is 5.91 Å². The van der Waals surface area contributed by atoms with Crippen molar-refractivity contribution in [2.75, 3.05) is 6.54 Å². The van der Waals surface area contributed by atoms with Crippen LogP contribution in [-0.2, 0) is 11.3 Å². The molecular formula is C12H22N4O. The molecule has 1 heterocycles. The van der Waals surface area contributed by atoms with Gasteiger partial charge in [0.05, 0.1) is 12.6 Å². The zero-order valence-corrected chi connectivity index (χ0v) is 11.0. The molecule has 0 bridgehead atoms. The summed E-state index contributed by atoms with van der Waals surface area (Å²) >= 11 is 0. The Bertz CT molecular complexity index is 340. The van der Waals surface area contributed by atoms with Gasteiger partial charge in [0.25, 0.3) is 0 Å². The molecule has 1 atom stereocenters. The van der Waals surface area contributed by atoms with E-state index in [2.05, 4.69) is 15.7 Å². The zero-order chi connectivity index (χ0) is 12.9. The van der Waals surface area contributed by atoms with Gasteiger partial charge in [-0.3, -0.25) is 9.48 Å². The highest BCUT2D eigenvalue weighted by molar-refractivity contribution is 5.81. The van der Waals surface area contributed by atoms with Crippen LogP contribution < -0.4 is 10.6 Å². The van der Waals surface area contributed by atoms with E-state index >= 15 is 0 Å². The number of aromatic nitrogens is 2. The zero-order valence-electron chi connectivity index (χ0n) is 11.0. The van der Waals surface area contributed by atoms with E-state index in [0.29, 0.717) is 0 Å². The van der Waals surface area contributed by atoms with Crippen molar-refractivity contribution in [1.82, 2.24) is 20.4 Å². The number of nitrogens with zero attached hydrogens (tertiary/aromatic N) is 2. The number of carbonyl (C=O) groups excluding carboxylic acids is 1. The fraction of sp³-hybridized carbons (Fsp3) is 0.667. The molecule has 0 saturated heterocycles. The molecule has 96 valence electrons. The van der Waals surface area contributed by atoms with Crippen LogP contribution in [0.1, 0.15) is 27.7 Å². The molecule has 0 saturated carbocycles. The van der Waals surface area contributed by atoms with Crippen molar-refractivity contribution >= 4 is 5.91 Å². The molecule has 0 radical (unpaired) electrons. The predicted molar refractivity (Wildman–Crippen MR) is 67.6 cm³/mol. The van der Waals surface area contributed by atoms with Crippen molar-refractivity contribution in [3.63, 3.8) is 0 Å². The summed E-state index contributed by atoms with van der Waals surface area (Å²) < 4.78 is 1.83. The molecule has 0 aliphatic carbocycles. The van der Waals surface area contributed by atoms with E-state index in [1.807, 2.05) is 44.6 Å². The minimum absolute atomic E-state index is 0.0259. The maximum Gasteiger partial charge on any atom is 0.237 e. The summed E-state index contributed by atoms with van der Waals surface area (Å²) in [6.45, 7) is 9.27. The lowest BCUT2D eigenvalue weighted by Crippen LogP contribution is -2.50. The fourth-order valence-electron chi connectivity index (χ4n) is 1.40. The lowest BCUT2D eigenvalue weighted by molar-refractivity contribution is -0.124. The molecule has 5 nitrogen and oxygen atoms in total. The quantitative estimate of drug-likeness (QED) is 0.797. The molecule has 0 aromatic carbocycles. The maximum absolute atomic E-state index is 11.8. The molecule has 1 amide bonds. The first-order chi connectivity index (χ1) is 7.88. The summed E-state index contributed by atoms with van der Waals surface area (Å²) in [5, 5.41) is 10.2. The minimum atomic E-state index is -0.190. The van der Waals surface area contributed by atoms with E-state index in [1.54, 1.807) is 6.20 Å². The third-order valence-corrected chi connectivity index (χ3v) is 2.24. The van der Waals surface area contributed by atoms with Crippen LogP contribution in [0, 0.1) is 0 Å². The second-order valence-electron chi connectivity index (χ2n) is 5.18.